The topological polar surface area (TPSA) is 29.1 Å². The lowest BCUT2D eigenvalue weighted by Gasteiger charge is -2.19. The first kappa shape index (κ1) is 13.8. The van der Waals surface area contributed by atoms with Gasteiger partial charge in [-0.1, -0.05) is 42.5 Å². The molecular weight excluding hydrogens is 265 g/mol. The minimum atomic E-state index is -0.278. The van der Waals surface area contributed by atoms with Crippen molar-refractivity contribution in [3.8, 4) is 0 Å². The average molecular weight is 283 g/mol. The third-order valence-corrected chi connectivity index (χ3v) is 3.85. The van der Waals surface area contributed by atoms with Crippen LogP contribution < -0.4 is 5.32 Å². The molecule has 1 fully saturated rings. The third kappa shape index (κ3) is 3.69. The third-order valence-electron chi connectivity index (χ3n) is 3.85. The van der Waals surface area contributed by atoms with E-state index in [4.69, 9.17) is 0 Å². The van der Waals surface area contributed by atoms with Gasteiger partial charge in [0.15, 0.2) is 0 Å². The number of carbonyl (C=O) groups is 1. The van der Waals surface area contributed by atoms with E-state index in [-0.39, 0.29) is 24.2 Å². The summed E-state index contributed by atoms with van der Waals surface area (Å²) in [4.78, 5) is 12.2. The van der Waals surface area contributed by atoms with Crippen molar-refractivity contribution in [2.75, 3.05) is 0 Å². The predicted molar refractivity (Wildman–Crippen MR) is 80.2 cm³/mol. The second kappa shape index (κ2) is 6.08. The average Bonchev–Trinajstić information content (AvgIpc) is 3.33. The summed E-state index contributed by atoms with van der Waals surface area (Å²) in [6.45, 7) is 0. The van der Waals surface area contributed by atoms with Crippen molar-refractivity contribution in [2.45, 2.75) is 25.3 Å². The van der Waals surface area contributed by atoms with Crippen LogP contribution in [0, 0.1) is 11.7 Å². The molecule has 0 aromatic heterocycles. The highest BCUT2D eigenvalue weighted by atomic mass is 19.1. The summed E-state index contributed by atoms with van der Waals surface area (Å²) in [6, 6.07) is 16.3. The lowest BCUT2D eigenvalue weighted by molar-refractivity contribution is -0.121. The summed E-state index contributed by atoms with van der Waals surface area (Å²) >= 11 is 0. The van der Waals surface area contributed by atoms with Gasteiger partial charge in [-0.2, -0.15) is 0 Å². The molecule has 3 rings (SSSR count). The van der Waals surface area contributed by atoms with Crippen molar-refractivity contribution >= 4 is 5.91 Å². The van der Waals surface area contributed by atoms with Crippen LogP contribution in [0.2, 0.25) is 0 Å². The van der Waals surface area contributed by atoms with Gasteiger partial charge in [0.05, 0.1) is 12.5 Å². The molecule has 2 nitrogen and oxygen atoms in total. The summed E-state index contributed by atoms with van der Waals surface area (Å²) in [5.41, 5.74) is 1.99. The zero-order valence-electron chi connectivity index (χ0n) is 11.8. The second-order valence-electron chi connectivity index (χ2n) is 5.60. The first-order chi connectivity index (χ1) is 10.2. The fourth-order valence-corrected chi connectivity index (χ4v) is 2.58. The Hall–Kier alpha value is -2.16. The molecule has 1 atom stereocenters. The molecule has 3 heteroatoms. The fraction of sp³-hybridized carbons (Fsp3) is 0.278. The van der Waals surface area contributed by atoms with E-state index >= 15 is 0 Å². The molecule has 108 valence electrons. The van der Waals surface area contributed by atoms with Gasteiger partial charge in [-0.05, 0) is 42.0 Å². The first-order valence-corrected chi connectivity index (χ1v) is 7.31. The van der Waals surface area contributed by atoms with Crippen LogP contribution in [0.25, 0.3) is 0 Å². The zero-order chi connectivity index (χ0) is 14.7. The van der Waals surface area contributed by atoms with Gasteiger partial charge in [0.1, 0.15) is 5.82 Å². The Bertz CT molecular complexity index is 605. The molecule has 1 saturated carbocycles. The Morgan fingerprint density at radius 1 is 1.10 bits per heavy atom. The maximum atomic E-state index is 12.9. The van der Waals surface area contributed by atoms with Crippen molar-refractivity contribution < 1.29 is 9.18 Å². The molecule has 1 aliphatic carbocycles. The lowest BCUT2D eigenvalue weighted by atomic mass is 10.0. The Morgan fingerprint density at radius 3 is 2.38 bits per heavy atom. The summed E-state index contributed by atoms with van der Waals surface area (Å²) in [6.07, 6.45) is 2.61. The molecule has 0 aliphatic heterocycles. The van der Waals surface area contributed by atoms with Gasteiger partial charge in [0, 0.05) is 0 Å². The van der Waals surface area contributed by atoms with E-state index in [1.807, 2.05) is 18.2 Å². The number of halogens is 1. The molecule has 1 amide bonds. The monoisotopic (exact) mass is 283 g/mol. The van der Waals surface area contributed by atoms with Gasteiger partial charge >= 0.3 is 0 Å². The van der Waals surface area contributed by atoms with E-state index in [1.165, 1.54) is 12.1 Å². The van der Waals surface area contributed by atoms with Crippen LogP contribution in [0.1, 0.15) is 30.0 Å². The SMILES string of the molecule is O=C(Cc1ccc(F)cc1)N[C@H](c1ccccc1)C1CC1. The predicted octanol–water partition coefficient (Wildman–Crippen LogP) is 3.64. The molecular formula is C18H18FNO. The molecule has 0 unspecified atom stereocenters. The standard InChI is InChI=1S/C18H18FNO/c19-16-10-6-13(7-11-16)12-17(21)20-18(15-8-9-15)14-4-2-1-3-5-14/h1-7,10-11,15,18H,8-9,12H2,(H,20,21)/t18-/m1/s1. The highest BCUT2D eigenvalue weighted by molar-refractivity contribution is 5.79. The quantitative estimate of drug-likeness (QED) is 0.892. The van der Waals surface area contributed by atoms with Crippen LogP contribution in [0.15, 0.2) is 54.6 Å². The Morgan fingerprint density at radius 2 is 1.76 bits per heavy atom. The zero-order valence-corrected chi connectivity index (χ0v) is 11.8. The van der Waals surface area contributed by atoms with Crippen LogP contribution in [-0.4, -0.2) is 5.91 Å². The molecule has 0 radical (unpaired) electrons. The molecule has 2 aromatic rings. The highest BCUT2D eigenvalue weighted by Gasteiger charge is 2.33. The van der Waals surface area contributed by atoms with Crippen LogP contribution in [0.5, 0.6) is 0 Å². The van der Waals surface area contributed by atoms with E-state index in [1.54, 1.807) is 12.1 Å². The summed E-state index contributed by atoms with van der Waals surface area (Å²) in [5.74, 6) is 0.256. The van der Waals surface area contributed by atoms with E-state index in [0.717, 1.165) is 24.0 Å². The maximum absolute atomic E-state index is 12.9. The van der Waals surface area contributed by atoms with Crippen molar-refractivity contribution in [3.63, 3.8) is 0 Å². The van der Waals surface area contributed by atoms with E-state index in [0.29, 0.717) is 5.92 Å². The van der Waals surface area contributed by atoms with Crippen molar-refractivity contribution in [2.24, 2.45) is 5.92 Å². The normalized spacial score (nSPS) is 15.5. The number of carbonyl (C=O) groups excluding carboxylic acids is 1. The highest BCUT2D eigenvalue weighted by Crippen LogP contribution is 2.40. The molecule has 2 aromatic carbocycles. The summed E-state index contributed by atoms with van der Waals surface area (Å²) < 4.78 is 12.9. The van der Waals surface area contributed by atoms with Crippen LogP contribution in [-0.2, 0) is 11.2 Å². The Balaban J connectivity index is 1.66. The van der Waals surface area contributed by atoms with Crippen LogP contribution in [0.3, 0.4) is 0 Å². The summed E-state index contributed by atoms with van der Waals surface area (Å²) in [7, 11) is 0. The van der Waals surface area contributed by atoms with E-state index in [9.17, 15) is 9.18 Å². The van der Waals surface area contributed by atoms with E-state index < -0.39 is 0 Å². The number of hydrogen-bond donors (Lipinski definition) is 1. The summed E-state index contributed by atoms with van der Waals surface area (Å²) in [5, 5.41) is 3.13. The van der Waals surface area contributed by atoms with Gasteiger partial charge in [-0.3, -0.25) is 4.79 Å². The minimum absolute atomic E-state index is 0.0117. The first-order valence-electron chi connectivity index (χ1n) is 7.31. The largest absolute Gasteiger partial charge is 0.349 e. The van der Waals surface area contributed by atoms with Gasteiger partial charge in [0.2, 0.25) is 5.91 Å². The van der Waals surface area contributed by atoms with Gasteiger partial charge in [-0.15, -0.1) is 0 Å². The van der Waals surface area contributed by atoms with Crippen molar-refractivity contribution in [3.05, 3.63) is 71.5 Å². The van der Waals surface area contributed by atoms with Gasteiger partial charge < -0.3 is 5.32 Å². The number of nitrogens with one attached hydrogen (secondary N) is 1. The number of hydrogen-bond acceptors (Lipinski definition) is 1. The molecule has 0 saturated heterocycles. The number of amides is 1. The van der Waals surface area contributed by atoms with Gasteiger partial charge in [0.25, 0.3) is 0 Å². The van der Waals surface area contributed by atoms with Crippen molar-refractivity contribution in [1.29, 1.82) is 0 Å². The smallest absolute Gasteiger partial charge is 0.224 e. The number of rotatable bonds is 5. The van der Waals surface area contributed by atoms with Gasteiger partial charge in [-0.25, -0.2) is 4.39 Å². The Kier molecular flexibility index (Phi) is 4.00. The molecule has 21 heavy (non-hydrogen) atoms. The number of benzene rings is 2. The Labute approximate surface area is 124 Å². The van der Waals surface area contributed by atoms with Crippen LogP contribution >= 0.6 is 0 Å². The molecule has 0 spiro atoms. The molecule has 0 heterocycles. The molecule has 0 bridgehead atoms. The van der Waals surface area contributed by atoms with Crippen molar-refractivity contribution in [1.82, 2.24) is 5.32 Å². The molecule has 1 aliphatic rings. The van der Waals surface area contributed by atoms with Crippen LogP contribution in [0.4, 0.5) is 4.39 Å². The minimum Gasteiger partial charge on any atom is -0.349 e. The lowest BCUT2D eigenvalue weighted by Crippen LogP contribution is -2.31. The second-order valence-corrected chi connectivity index (χ2v) is 5.60. The fourth-order valence-electron chi connectivity index (χ4n) is 2.58. The molecule has 1 N–H and O–H groups in total. The maximum Gasteiger partial charge on any atom is 0.224 e. The van der Waals surface area contributed by atoms with E-state index in [2.05, 4.69) is 17.4 Å².